The van der Waals surface area contributed by atoms with Crippen LogP contribution in [0.15, 0.2) is 134 Å². The quantitative estimate of drug-likeness (QED) is 0.190. The minimum absolute atomic E-state index is 0.0823. The highest BCUT2D eigenvalue weighted by molar-refractivity contribution is 5.83. The Morgan fingerprint density at radius 2 is 1.19 bits per heavy atom. The standard InChI is InChI=1S/C40H36N3/c1-4-39-40(3,5-2)37-17-16-30(25-36(37)38-15-6-7-20-43(38)39)28-11-8-12-29(21-28)33-22-34(31-13-9-18-41-26-31)24-35(23-33)32-14-10-19-42-27-32/h6-27,39H,4-5H2,1-3H3/q+1. The zero-order chi connectivity index (χ0) is 29.4. The van der Waals surface area contributed by atoms with E-state index in [2.05, 4.69) is 132 Å². The topological polar surface area (TPSA) is 29.7 Å². The summed E-state index contributed by atoms with van der Waals surface area (Å²) in [6.07, 6.45) is 12.0. The molecule has 2 unspecified atom stereocenters. The van der Waals surface area contributed by atoms with Crippen molar-refractivity contribution in [3.05, 3.63) is 140 Å². The van der Waals surface area contributed by atoms with Crippen LogP contribution in [0.4, 0.5) is 0 Å². The van der Waals surface area contributed by atoms with Crippen LogP contribution in [-0.2, 0) is 5.41 Å². The molecule has 2 atom stereocenters. The second kappa shape index (κ2) is 11.1. The van der Waals surface area contributed by atoms with E-state index in [0.717, 1.165) is 35.1 Å². The summed E-state index contributed by atoms with van der Waals surface area (Å²) in [7, 11) is 0. The molecule has 1 aliphatic heterocycles. The molecule has 6 aromatic rings. The van der Waals surface area contributed by atoms with Crippen LogP contribution in [0.25, 0.3) is 55.8 Å². The number of nitrogens with zero attached hydrogens (tertiary/aromatic N) is 3. The molecule has 3 aromatic carbocycles. The van der Waals surface area contributed by atoms with Crippen LogP contribution in [0.2, 0.25) is 0 Å². The molecule has 3 nitrogen and oxygen atoms in total. The third-order valence-corrected chi connectivity index (χ3v) is 9.45. The van der Waals surface area contributed by atoms with E-state index in [1.165, 1.54) is 39.1 Å². The molecule has 3 heteroatoms. The smallest absolute Gasteiger partial charge is 0.213 e. The van der Waals surface area contributed by atoms with E-state index in [1.807, 2.05) is 36.9 Å². The Kier molecular flexibility index (Phi) is 6.95. The molecule has 1 aliphatic rings. The average molecular weight is 559 g/mol. The van der Waals surface area contributed by atoms with Gasteiger partial charge in [0, 0.05) is 54.5 Å². The fraction of sp³-hybridized carbons (Fsp3) is 0.175. The van der Waals surface area contributed by atoms with Crippen molar-refractivity contribution in [2.24, 2.45) is 0 Å². The third kappa shape index (κ3) is 4.75. The largest absolute Gasteiger partial charge is 0.264 e. The van der Waals surface area contributed by atoms with Crippen LogP contribution in [0.3, 0.4) is 0 Å². The van der Waals surface area contributed by atoms with Gasteiger partial charge >= 0.3 is 0 Å². The monoisotopic (exact) mass is 558 g/mol. The van der Waals surface area contributed by atoms with Crippen molar-refractivity contribution in [1.29, 1.82) is 0 Å². The molecule has 210 valence electrons. The predicted molar refractivity (Wildman–Crippen MR) is 176 cm³/mol. The molecule has 0 radical (unpaired) electrons. The van der Waals surface area contributed by atoms with Gasteiger partial charge in [0.15, 0.2) is 12.2 Å². The number of hydrogen-bond donors (Lipinski definition) is 0. The van der Waals surface area contributed by atoms with Crippen LogP contribution in [-0.4, -0.2) is 9.97 Å². The normalized spacial score (nSPS) is 17.2. The molecular weight excluding hydrogens is 522 g/mol. The fourth-order valence-electron chi connectivity index (χ4n) is 7.02. The zero-order valence-corrected chi connectivity index (χ0v) is 25.0. The van der Waals surface area contributed by atoms with Crippen molar-refractivity contribution in [2.45, 2.75) is 45.1 Å². The highest BCUT2D eigenvalue weighted by Gasteiger charge is 2.46. The lowest BCUT2D eigenvalue weighted by atomic mass is 9.68. The molecule has 0 spiro atoms. The van der Waals surface area contributed by atoms with Crippen LogP contribution in [0.5, 0.6) is 0 Å². The van der Waals surface area contributed by atoms with Gasteiger partial charge in [0.05, 0.1) is 11.0 Å². The van der Waals surface area contributed by atoms with E-state index in [1.54, 1.807) is 0 Å². The Labute approximate surface area is 254 Å². The number of rotatable bonds is 6. The molecule has 0 N–H and O–H groups in total. The van der Waals surface area contributed by atoms with E-state index in [9.17, 15) is 0 Å². The molecule has 0 amide bonds. The van der Waals surface area contributed by atoms with Crippen molar-refractivity contribution in [2.75, 3.05) is 0 Å². The van der Waals surface area contributed by atoms with E-state index in [-0.39, 0.29) is 5.41 Å². The number of aromatic nitrogens is 3. The second-order valence-electron chi connectivity index (χ2n) is 11.8. The van der Waals surface area contributed by atoms with Crippen molar-refractivity contribution in [3.8, 4) is 55.8 Å². The van der Waals surface area contributed by atoms with Crippen molar-refractivity contribution in [3.63, 3.8) is 0 Å². The van der Waals surface area contributed by atoms with Gasteiger partial charge in [0.2, 0.25) is 5.69 Å². The first-order chi connectivity index (χ1) is 21.1. The molecule has 4 heterocycles. The molecule has 0 fully saturated rings. The molecule has 0 bridgehead atoms. The Morgan fingerprint density at radius 3 is 1.79 bits per heavy atom. The second-order valence-corrected chi connectivity index (χ2v) is 11.8. The molecule has 0 aliphatic carbocycles. The average Bonchev–Trinajstić information content (AvgIpc) is 3.09. The van der Waals surface area contributed by atoms with Gasteiger partial charge in [-0.05, 0) is 101 Å². The van der Waals surface area contributed by atoms with E-state index in [0.29, 0.717) is 6.04 Å². The number of benzene rings is 3. The SMILES string of the molecule is CCC1[n+]2ccccc2-c2cc(-c3cccc(-c4cc(-c5cccnc5)cc(-c5cccnc5)c4)c3)ccc2C1(C)CC. The van der Waals surface area contributed by atoms with Crippen LogP contribution in [0.1, 0.15) is 45.2 Å². The minimum Gasteiger partial charge on any atom is -0.264 e. The molecule has 0 saturated heterocycles. The van der Waals surface area contributed by atoms with Gasteiger partial charge in [-0.15, -0.1) is 0 Å². The molecule has 3 aromatic heterocycles. The van der Waals surface area contributed by atoms with Gasteiger partial charge in [-0.2, -0.15) is 4.57 Å². The van der Waals surface area contributed by atoms with E-state index in [4.69, 9.17) is 0 Å². The van der Waals surface area contributed by atoms with E-state index < -0.39 is 0 Å². The molecular formula is C40H36N3+. The van der Waals surface area contributed by atoms with Gasteiger partial charge in [-0.1, -0.05) is 56.3 Å². The minimum atomic E-state index is 0.0823. The molecule has 43 heavy (non-hydrogen) atoms. The van der Waals surface area contributed by atoms with E-state index >= 15 is 0 Å². The summed E-state index contributed by atoms with van der Waals surface area (Å²) in [5.74, 6) is 0. The van der Waals surface area contributed by atoms with Crippen molar-refractivity contribution < 1.29 is 4.57 Å². The molecule has 0 saturated carbocycles. The summed E-state index contributed by atoms with van der Waals surface area (Å²) in [5.41, 5.74) is 13.5. The number of hydrogen-bond acceptors (Lipinski definition) is 2. The van der Waals surface area contributed by atoms with Crippen molar-refractivity contribution >= 4 is 0 Å². The highest BCUT2D eigenvalue weighted by Crippen LogP contribution is 2.47. The lowest BCUT2D eigenvalue weighted by molar-refractivity contribution is -0.724. The van der Waals surface area contributed by atoms with Crippen LogP contribution in [0, 0.1) is 0 Å². The molecule has 7 rings (SSSR count). The van der Waals surface area contributed by atoms with Gasteiger partial charge in [0.25, 0.3) is 0 Å². The third-order valence-electron chi connectivity index (χ3n) is 9.45. The van der Waals surface area contributed by atoms with Gasteiger partial charge < -0.3 is 0 Å². The van der Waals surface area contributed by atoms with Gasteiger partial charge in [0.1, 0.15) is 0 Å². The maximum absolute atomic E-state index is 4.38. The van der Waals surface area contributed by atoms with Gasteiger partial charge in [-0.3, -0.25) is 9.97 Å². The maximum atomic E-state index is 4.38. The first-order valence-corrected chi connectivity index (χ1v) is 15.3. The summed E-state index contributed by atoms with van der Waals surface area (Å²) in [6.45, 7) is 7.09. The predicted octanol–water partition coefficient (Wildman–Crippen LogP) is 9.73. The Morgan fingerprint density at radius 1 is 0.605 bits per heavy atom. The maximum Gasteiger partial charge on any atom is 0.213 e. The summed E-state index contributed by atoms with van der Waals surface area (Å²) < 4.78 is 2.51. The first kappa shape index (κ1) is 27.0. The summed E-state index contributed by atoms with van der Waals surface area (Å²) in [5, 5.41) is 0. The Hall–Kier alpha value is -4.89. The van der Waals surface area contributed by atoms with Gasteiger partial charge in [-0.25, -0.2) is 0 Å². The van der Waals surface area contributed by atoms with Crippen LogP contribution >= 0.6 is 0 Å². The summed E-state index contributed by atoms with van der Waals surface area (Å²) in [4.78, 5) is 8.77. The first-order valence-electron chi connectivity index (χ1n) is 15.3. The fourth-order valence-corrected chi connectivity index (χ4v) is 7.02. The summed E-state index contributed by atoms with van der Waals surface area (Å²) >= 11 is 0. The Bertz CT molecular complexity index is 1850. The lowest BCUT2D eigenvalue weighted by Crippen LogP contribution is -2.54. The highest BCUT2D eigenvalue weighted by atomic mass is 15.0. The van der Waals surface area contributed by atoms with Crippen molar-refractivity contribution in [1.82, 2.24) is 9.97 Å². The lowest BCUT2D eigenvalue weighted by Gasteiger charge is -2.38. The number of pyridine rings is 3. The zero-order valence-electron chi connectivity index (χ0n) is 25.0. The summed E-state index contributed by atoms with van der Waals surface area (Å²) in [6, 6.07) is 38.1. The van der Waals surface area contributed by atoms with Crippen LogP contribution < -0.4 is 4.57 Å². The Balaban J connectivity index is 1.35. The number of fused-ring (bicyclic) bond motifs is 3.